The Labute approximate surface area is 101 Å². The third-order valence-corrected chi connectivity index (χ3v) is 2.44. The van der Waals surface area contributed by atoms with Crippen molar-refractivity contribution in [3.63, 3.8) is 0 Å². The molecule has 0 fully saturated rings. The molecule has 4 heteroatoms. The largest absolute Gasteiger partial charge is 0.478 e. The second kappa shape index (κ2) is 5.77. The van der Waals surface area contributed by atoms with Gasteiger partial charge in [0, 0.05) is 13.0 Å². The van der Waals surface area contributed by atoms with E-state index in [0.29, 0.717) is 0 Å². The Balaban J connectivity index is 2.65. The first-order valence-corrected chi connectivity index (χ1v) is 5.65. The number of hydrogen-bond donors (Lipinski definition) is 2. The maximum Gasteiger partial charge on any atom is 0.356 e. The van der Waals surface area contributed by atoms with Gasteiger partial charge in [-0.2, -0.15) is 0 Å². The lowest BCUT2D eigenvalue weighted by atomic mass is 10.0. The number of alkyl halides is 1. The van der Waals surface area contributed by atoms with Crippen LogP contribution in [0.5, 0.6) is 0 Å². The highest BCUT2D eigenvalue weighted by Crippen LogP contribution is 2.19. The molecule has 17 heavy (non-hydrogen) atoms. The summed E-state index contributed by atoms with van der Waals surface area (Å²) < 4.78 is 14.1. The van der Waals surface area contributed by atoms with Crippen LogP contribution in [-0.2, 0) is 11.3 Å². The normalized spacial score (nSPS) is 14.6. The molecule has 0 unspecified atom stereocenters. The summed E-state index contributed by atoms with van der Waals surface area (Å²) in [5.41, 5.74) is 0.861. The predicted octanol–water partition coefficient (Wildman–Crippen LogP) is 2.57. The SMILES string of the molecule is CC(C)C[C@@](F)(NCc1ccccc1)C(=O)O. The Bertz CT molecular complexity index is 367. The molecular formula is C13H18FNO2. The van der Waals surface area contributed by atoms with E-state index in [1.807, 2.05) is 30.3 Å². The van der Waals surface area contributed by atoms with Gasteiger partial charge in [0.25, 0.3) is 5.79 Å². The van der Waals surface area contributed by atoms with Crippen LogP contribution in [0.15, 0.2) is 30.3 Å². The molecule has 0 aromatic heterocycles. The van der Waals surface area contributed by atoms with E-state index in [2.05, 4.69) is 5.32 Å². The second-order valence-electron chi connectivity index (χ2n) is 4.54. The molecule has 1 atom stereocenters. The Hall–Kier alpha value is -1.42. The summed E-state index contributed by atoms with van der Waals surface area (Å²) >= 11 is 0. The van der Waals surface area contributed by atoms with Gasteiger partial charge in [0.2, 0.25) is 0 Å². The number of hydrogen-bond acceptors (Lipinski definition) is 2. The molecule has 0 aliphatic carbocycles. The minimum Gasteiger partial charge on any atom is -0.478 e. The standard InChI is InChI=1S/C13H18FNO2/c1-10(2)8-13(14,12(16)17)15-9-11-6-4-3-5-7-11/h3-7,10,15H,8-9H2,1-2H3,(H,16,17)/t13-/m1/s1. The van der Waals surface area contributed by atoms with E-state index in [4.69, 9.17) is 5.11 Å². The second-order valence-corrected chi connectivity index (χ2v) is 4.54. The summed E-state index contributed by atoms with van der Waals surface area (Å²) in [6.07, 6.45) is -0.0465. The molecule has 0 amide bonds. The predicted molar refractivity (Wildman–Crippen MR) is 64.2 cm³/mol. The van der Waals surface area contributed by atoms with Crippen LogP contribution < -0.4 is 5.32 Å². The average molecular weight is 239 g/mol. The molecule has 0 bridgehead atoms. The van der Waals surface area contributed by atoms with Gasteiger partial charge in [0.15, 0.2) is 0 Å². The third kappa shape index (κ3) is 4.15. The van der Waals surface area contributed by atoms with Crippen LogP contribution in [0.3, 0.4) is 0 Å². The summed E-state index contributed by atoms with van der Waals surface area (Å²) in [5, 5.41) is 11.4. The van der Waals surface area contributed by atoms with Crippen LogP contribution in [-0.4, -0.2) is 16.9 Å². The molecular weight excluding hydrogens is 221 g/mol. The maximum atomic E-state index is 14.1. The fourth-order valence-electron chi connectivity index (χ4n) is 1.64. The summed E-state index contributed by atoms with van der Waals surface area (Å²) in [6, 6.07) is 9.17. The molecule has 3 nitrogen and oxygen atoms in total. The molecule has 0 aliphatic rings. The summed E-state index contributed by atoms with van der Waals surface area (Å²) in [7, 11) is 0. The first-order valence-electron chi connectivity index (χ1n) is 5.65. The van der Waals surface area contributed by atoms with Gasteiger partial charge in [-0.15, -0.1) is 0 Å². The zero-order chi connectivity index (χ0) is 12.9. The molecule has 0 saturated heterocycles. The molecule has 0 spiro atoms. The van der Waals surface area contributed by atoms with E-state index >= 15 is 0 Å². The third-order valence-electron chi connectivity index (χ3n) is 2.44. The van der Waals surface area contributed by atoms with E-state index in [1.165, 1.54) is 0 Å². The number of carboxylic acid groups (broad SMARTS) is 1. The van der Waals surface area contributed by atoms with E-state index in [1.54, 1.807) is 13.8 Å². The van der Waals surface area contributed by atoms with Crippen molar-refractivity contribution >= 4 is 5.97 Å². The van der Waals surface area contributed by atoms with Crippen LogP contribution in [0.2, 0.25) is 0 Å². The van der Waals surface area contributed by atoms with E-state index in [9.17, 15) is 9.18 Å². The Morgan fingerprint density at radius 2 is 2.00 bits per heavy atom. The molecule has 0 heterocycles. The highest BCUT2D eigenvalue weighted by atomic mass is 19.1. The van der Waals surface area contributed by atoms with Crippen molar-refractivity contribution in [1.82, 2.24) is 5.32 Å². The van der Waals surface area contributed by atoms with Crippen LogP contribution in [0.4, 0.5) is 4.39 Å². The summed E-state index contributed by atoms with van der Waals surface area (Å²) in [6.45, 7) is 3.79. The van der Waals surface area contributed by atoms with Crippen LogP contribution in [0.1, 0.15) is 25.8 Å². The first-order chi connectivity index (χ1) is 7.94. The van der Waals surface area contributed by atoms with Gasteiger partial charge in [0.1, 0.15) is 0 Å². The van der Waals surface area contributed by atoms with Gasteiger partial charge < -0.3 is 5.11 Å². The molecule has 1 aromatic rings. The number of carboxylic acids is 1. The lowest BCUT2D eigenvalue weighted by Crippen LogP contribution is -2.48. The van der Waals surface area contributed by atoms with Crippen LogP contribution >= 0.6 is 0 Å². The molecule has 0 aliphatic heterocycles. The quantitative estimate of drug-likeness (QED) is 0.750. The first kappa shape index (κ1) is 13.6. The highest BCUT2D eigenvalue weighted by Gasteiger charge is 2.38. The lowest BCUT2D eigenvalue weighted by Gasteiger charge is -2.24. The van der Waals surface area contributed by atoms with Crippen molar-refractivity contribution < 1.29 is 14.3 Å². The van der Waals surface area contributed by atoms with Gasteiger partial charge in [-0.1, -0.05) is 44.2 Å². The van der Waals surface area contributed by atoms with Crippen molar-refractivity contribution in [3.8, 4) is 0 Å². The molecule has 94 valence electrons. The van der Waals surface area contributed by atoms with Crippen molar-refractivity contribution in [2.75, 3.05) is 0 Å². The number of benzene rings is 1. The molecule has 1 aromatic carbocycles. The number of nitrogens with one attached hydrogen (secondary N) is 1. The van der Waals surface area contributed by atoms with E-state index < -0.39 is 11.8 Å². The van der Waals surface area contributed by atoms with Crippen molar-refractivity contribution in [1.29, 1.82) is 0 Å². The van der Waals surface area contributed by atoms with Gasteiger partial charge in [-0.25, -0.2) is 9.18 Å². The maximum absolute atomic E-state index is 14.1. The van der Waals surface area contributed by atoms with Gasteiger partial charge in [-0.05, 0) is 11.5 Å². The number of rotatable bonds is 6. The minimum atomic E-state index is -2.36. The molecule has 1 rings (SSSR count). The zero-order valence-corrected chi connectivity index (χ0v) is 10.1. The Morgan fingerprint density at radius 1 is 1.41 bits per heavy atom. The topological polar surface area (TPSA) is 49.3 Å². The number of carbonyl (C=O) groups is 1. The smallest absolute Gasteiger partial charge is 0.356 e. The lowest BCUT2D eigenvalue weighted by molar-refractivity contribution is -0.155. The molecule has 2 N–H and O–H groups in total. The summed E-state index contributed by atoms with van der Waals surface area (Å²) in [4.78, 5) is 10.9. The Kier molecular flexibility index (Phi) is 4.63. The van der Waals surface area contributed by atoms with Crippen molar-refractivity contribution in [3.05, 3.63) is 35.9 Å². The molecule has 0 radical (unpaired) electrons. The minimum absolute atomic E-state index is 0.0284. The monoisotopic (exact) mass is 239 g/mol. The van der Waals surface area contributed by atoms with Crippen molar-refractivity contribution in [2.45, 2.75) is 32.6 Å². The van der Waals surface area contributed by atoms with Gasteiger partial charge in [-0.3, -0.25) is 5.32 Å². The van der Waals surface area contributed by atoms with E-state index in [0.717, 1.165) is 5.56 Å². The average Bonchev–Trinajstić information content (AvgIpc) is 2.27. The van der Waals surface area contributed by atoms with Crippen molar-refractivity contribution in [2.24, 2.45) is 5.92 Å². The summed E-state index contributed by atoms with van der Waals surface area (Å²) in [5.74, 6) is -3.84. The van der Waals surface area contributed by atoms with E-state index in [-0.39, 0.29) is 18.9 Å². The van der Waals surface area contributed by atoms with Crippen LogP contribution in [0.25, 0.3) is 0 Å². The zero-order valence-electron chi connectivity index (χ0n) is 10.1. The van der Waals surface area contributed by atoms with Gasteiger partial charge in [0.05, 0.1) is 0 Å². The fraction of sp³-hybridized carbons (Fsp3) is 0.462. The fourth-order valence-corrected chi connectivity index (χ4v) is 1.64. The Morgan fingerprint density at radius 3 is 2.47 bits per heavy atom. The van der Waals surface area contributed by atoms with Gasteiger partial charge >= 0.3 is 5.97 Å². The highest BCUT2D eigenvalue weighted by molar-refractivity contribution is 5.76. The molecule has 0 saturated carbocycles. The number of halogens is 1. The van der Waals surface area contributed by atoms with Crippen LogP contribution in [0, 0.1) is 5.92 Å². The number of aliphatic carboxylic acids is 1.